The standard InChI is InChI=1S/C66H72N2O14/c1-3-60(69)77-41-15-7-5-13-39-75-50-29-33-52(34-30-50)79-63(71)45-21-23-47(24-22-45)65(73)81-54-37-38-59(49(43-54)44-67-68-62-57-19-11-9-17-55(57)56-18-10-12-20-58(56)62)82-66(74)48-27-25-46(26-28-48)64(72)80-53-35-31-51(32-36-53)76-40-14-6-8-16-42-78-61(70)4-2/h3-4,9-12,17-20,29-38,43-48,62,68H,1-2,5-8,13-16,21-28,39-42H2/b67-44+. The minimum Gasteiger partial charge on any atom is -0.494 e. The Hall–Kier alpha value is -8.53. The molecule has 430 valence electrons. The number of hydrazone groups is 1. The van der Waals surface area contributed by atoms with Crippen molar-refractivity contribution in [2.75, 3.05) is 26.4 Å². The van der Waals surface area contributed by atoms with Gasteiger partial charge >= 0.3 is 35.8 Å². The number of benzene rings is 5. The highest BCUT2D eigenvalue weighted by molar-refractivity contribution is 5.88. The first-order chi connectivity index (χ1) is 40.0. The summed E-state index contributed by atoms with van der Waals surface area (Å²) in [7, 11) is 0. The summed E-state index contributed by atoms with van der Waals surface area (Å²) in [4.78, 5) is 76.3. The molecule has 0 radical (unpaired) electrons. The molecule has 0 amide bonds. The Morgan fingerprint density at radius 2 is 0.805 bits per heavy atom. The summed E-state index contributed by atoms with van der Waals surface area (Å²) in [5, 5.41) is 4.66. The van der Waals surface area contributed by atoms with Gasteiger partial charge in [0.1, 0.15) is 34.5 Å². The van der Waals surface area contributed by atoms with Crippen molar-refractivity contribution in [2.24, 2.45) is 28.8 Å². The van der Waals surface area contributed by atoms with Gasteiger partial charge in [0.25, 0.3) is 0 Å². The van der Waals surface area contributed by atoms with E-state index in [0.29, 0.717) is 106 Å². The molecule has 5 aromatic rings. The van der Waals surface area contributed by atoms with Gasteiger partial charge in [-0.3, -0.25) is 24.6 Å². The Morgan fingerprint density at radius 1 is 0.439 bits per heavy atom. The van der Waals surface area contributed by atoms with E-state index in [4.69, 9.17) is 37.9 Å². The quantitative estimate of drug-likeness (QED) is 0.0118. The molecule has 0 saturated heterocycles. The lowest BCUT2D eigenvalue weighted by molar-refractivity contribution is -0.145. The second kappa shape index (κ2) is 30.9. The third-order valence-corrected chi connectivity index (χ3v) is 15.0. The maximum Gasteiger partial charge on any atom is 0.330 e. The van der Waals surface area contributed by atoms with Crippen LogP contribution >= 0.6 is 0 Å². The molecule has 2 fully saturated rings. The zero-order valence-corrected chi connectivity index (χ0v) is 46.3. The third kappa shape index (κ3) is 17.5. The maximum atomic E-state index is 13.9. The second-order valence-corrected chi connectivity index (χ2v) is 20.7. The van der Waals surface area contributed by atoms with Crippen LogP contribution in [0.1, 0.15) is 125 Å². The number of esters is 6. The average molecular weight is 1120 g/mol. The molecule has 82 heavy (non-hydrogen) atoms. The van der Waals surface area contributed by atoms with Crippen molar-refractivity contribution in [3.8, 4) is 45.6 Å². The molecule has 2 saturated carbocycles. The number of nitrogens with zero attached hydrogens (tertiary/aromatic N) is 1. The molecule has 0 atom stereocenters. The maximum absolute atomic E-state index is 13.9. The number of nitrogens with one attached hydrogen (secondary N) is 1. The Balaban J connectivity index is 0.809. The lowest BCUT2D eigenvalue weighted by Crippen LogP contribution is -2.30. The number of unbranched alkanes of at least 4 members (excludes halogenated alkanes) is 6. The highest BCUT2D eigenvalue weighted by Gasteiger charge is 2.35. The molecule has 8 rings (SSSR count). The first kappa shape index (κ1) is 59.6. The minimum absolute atomic E-state index is 0.232. The van der Waals surface area contributed by atoms with Crippen LogP contribution in [0.2, 0.25) is 0 Å². The summed E-state index contributed by atoms with van der Waals surface area (Å²) in [6, 6.07) is 34.7. The first-order valence-electron chi connectivity index (χ1n) is 28.6. The van der Waals surface area contributed by atoms with Crippen molar-refractivity contribution in [1.82, 2.24) is 5.43 Å². The molecule has 0 aromatic heterocycles. The topological polar surface area (TPSA) is 201 Å². The minimum atomic E-state index is -0.461. The van der Waals surface area contributed by atoms with E-state index in [2.05, 4.69) is 48.0 Å². The number of rotatable bonds is 29. The molecule has 5 aromatic carbocycles. The van der Waals surface area contributed by atoms with Crippen molar-refractivity contribution in [3.05, 3.63) is 157 Å². The molecule has 0 aliphatic heterocycles. The highest BCUT2D eigenvalue weighted by Crippen LogP contribution is 2.43. The van der Waals surface area contributed by atoms with E-state index in [9.17, 15) is 28.8 Å². The second-order valence-electron chi connectivity index (χ2n) is 20.7. The average Bonchev–Trinajstić information content (AvgIpc) is 4.01. The Kier molecular flexibility index (Phi) is 22.4. The van der Waals surface area contributed by atoms with Crippen LogP contribution in [0, 0.1) is 23.7 Å². The largest absolute Gasteiger partial charge is 0.494 e. The summed E-state index contributed by atoms with van der Waals surface area (Å²) in [6.45, 7) is 8.58. The van der Waals surface area contributed by atoms with E-state index in [1.807, 2.05) is 24.3 Å². The highest BCUT2D eigenvalue weighted by atomic mass is 16.6. The van der Waals surface area contributed by atoms with E-state index in [-0.39, 0.29) is 41.3 Å². The molecule has 0 heterocycles. The predicted octanol–water partition coefficient (Wildman–Crippen LogP) is 12.4. The van der Waals surface area contributed by atoms with Crippen molar-refractivity contribution in [1.29, 1.82) is 0 Å². The SMILES string of the molecule is C=CC(=O)OCCCCCCOc1ccc(OC(=O)C2CCC(C(=O)Oc3ccc(OC(=O)C4CCC(C(=O)Oc5ccc(OCCCCCCOC(=O)C=C)cc5)CC4)c(/C=N/NC4c5ccccc5-c5ccccc54)c3)CC2)cc1. The van der Waals surface area contributed by atoms with Gasteiger partial charge in [-0.05, 0) is 192 Å². The fourth-order valence-electron chi connectivity index (χ4n) is 10.3. The van der Waals surface area contributed by atoms with Crippen LogP contribution < -0.4 is 33.8 Å². The number of hydrogen-bond acceptors (Lipinski definition) is 16. The van der Waals surface area contributed by atoms with E-state index in [0.717, 1.165) is 85.8 Å². The molecule has 16 nitrogen and oxygen atoms in total. The first-order valence-corrected chi connectivity index (χ1v) is 28.6. The summed E-state index contributed by atoms with van der Waals surface area (Å²) in [5.41, 5.74) is 8.09. The van der Waals surface area contributed by atoms with Crippen LogP contribution in [0.3, 0.4) is 0 Å². The monoisotopic (exact) mass is 1120 g/mol. The van der Waals surface area contributed by atoms with Gasteiger partial charge in [-0.15, -0.1) is 0 Å². The smallest absolute Gasteiger partial charge is 0.330 e. The lowest BCUT2D eigenvalue weighted by Gasteiger charge is -2.26. The van der Waals surface area contributed by atoms with Crippen LogP contribution in [0.25, 0.3) is 11.1 Å². The van der Waals surface area contributed by atoms with Gasteiger partial charge < -0.3 is 37.9 Å². The molecular formula is C66H72N2O14. The van der Waals surface area contributed by atoms with E-state index < -0.39 is 35.7 Å². The zero-order valence-electron chi connectivity index (χ0n) is 46.3. The molecule has 16 heteroatoms. The van der Waals surface area contributed by atoms with Gasteiger partial charge in [0.05, 0.1) is 62.4 Å². The van der Waals surface area contributed by atoms with E-state index >= 15 is 0 Å². The third-order valence-electron chi connectivity index (χ3n) is 15.0. The molecule has 1 N–H and O–H groups in total. The normalized spacial score (nSPS) is 17.3. The Bertz CT molecular complexity index is 2960. The summed E-state index contributed by atoms with van der Waals surface area (Å²) in [5.74, 6) is -1.44. The predicted molar refractivity (Wildman–Crippen MR) is 307 cm³/mol. The van der Waals surface area contributed by atoms with Crippen LogP contribution in [-0.2, 0) is 38.2 Å². The fourth-order valence-corrected chi connectivity index (χ4v) is 10.3. The van der Waals surface area contributed by atoms with Gasteiger partial charge in [-0.2, -0.15) is 5.10 Å². The van der Waals surface area contributed by atoms with Crippen molar-refractivity contribution in [2.45, 2.75) is 109 Å². The van der Waals surface area contributed by atoms with Crippen molar-refractivity contribution in [3.63, 3.8) is 0 Å². The van der Waals surface area contributed by atoms with Gasteiger partial charge in [0, 0.05) is 17.7 Å². The molecule has 3 aliphatic rings. The van der Waals surface area contributed by atoms with Crippen LogP contribution in [0.4, 0.5) is 0 Å². The van der Waals surface area contributed by atoms with Crippen LogP contribution in [0.15, 0.2) is 146 Å². The summed E-state index contributed by atoms with van der Waals surface area (Å²) >= 11 is 0. The number of hydrogen-bond donors (Lipinski definition) is 1. The fraction of sp³-hybridized carbons (Fsp3) is 0.379. The van der Waals surface area contributed by atoms with Gasteiger partial charge in [0.15, 0.2) is 0 Å². The zero-order chi connectivity index (χ0) is 57.5. The molecule has 3 aliphatic carbocycles. The number of carbonyl (C=O) groups excluding carboxylic acids is 6. The van der Waals surface area contributed by atoms with Crippen molar-refractivity contribution >= 4 is 42.0 Å². The number of ether oxygens (including phenoxy) is 8. The van der Waals surface area contributed by atoms with Crippen molar-refractivity contribution < 1.29 is 66.7 Å². The Morgan fingerprint density at radius 3 is 1.23 bits per heavy atom. The molecule has 0 bridgehead atoms. The lowest BCUT2D eigenvalue weighted by atomic mass is 9.82. The summed E-state index contributed by atoms with van der Waals surface area (Å²) < 4.78 is 45.2. The number of fused-ring (bicyclic) bond motifs is 3. The van der Waals surface area contributed by atoms with Crippen LogP contribution in [-0.4, -0.2) is 68.5 Å². The molecular weight excluding hydrogens is 1040 g/mol. The van der Waals surface area contributed by atoms with Gasteiger partial charge in [-0.25, -0.2) is 9.59 Å². The van der Waals surface area contributed by atoms with E-state index in [1.54, 1.807) is 72.9 Å². The summed E-state index contributed by atoms with van der Waals surface area (Å²) in [6.07, 6.45) is 14.4. The molecule has 0 unspecified atom stereocenters. The Labute approximate surface area is 479 Å². The van der Waals surface area contributed by atoms with Crippen LogP contribution in [0.5, 0.6) is 34.5 Å². The number of carbonyl (C=O) groups is 6. The van der Waals surface area contributed by atoms with E-state index in [1.165, 1.54) is 0 Å². The molecule has 0 spiro atoms. The van der Waals surface area contributed by atoms with Gasteiger partial charge in [0.2, 0.25) is 0 Å². The van der Waals surface area contributed by atoms with Gasteiger partial charge in [-0.1, -0.05) is 61.7 Å².